The molecule has 5 heteroatoms. The Labute approximate surface area is 100 Å². The van der Waals surface area contributed by atoms with Gasteiger partial charge in [-0.3, -0.25) is 5.10 Å². The van der Waals surface area contributed by atoms with Gasteiger partial charge in [0.25, 0.3) is 0 Å². The molecule has 0 saturated heterocycles. The predicted octanol–water partition coefficient (Wildman–Crippen LogP) is 1.76. The number of H-pyrrole nitrogens is 1. The van der Waals surface area contributed by atoms with Gasteiger partial charge < -0.3 is 10.4 Å². The molecule has 17 heavy (non-hydrogen) atoms. The van der Waals surface area contributed by atoms with Crippen molar-refractivity contribution >= 4 is 16.9 Å². The van der Waals surface area contributed by atoms with Crippen LogP contribution in [0.2, 0.25) is 0 Å². The molecule has 0 aliphatic rings. The maximum atomic E-state index is 8.89. The number of aromatic nitrogens is 3. The summed E-state index contributed by atoms with van der Waals surface area (Å²) in [5, 5.41) is 20.4. The van der Waals surface area contributed by atoms with E-state index in [0.29, 0.717) is 6.42 Å². The highest BCUT2D eigenvalue weighted by atomic mass is 16.3. The topological polar surface area (TPSA) is 73.8 Å². The van der Waals surface area contributed by atoms with Crippen molar-refractivity contribution in [1.29, 1.82) is 0 Å². The number of aromatic amines is 1. The van der Waals surface area contributed by atoms with E-state index in [4.69, 9.17) is 5.11 Å². The third-order valence-electron chi connectivity index (χ3n) is 2.80. The van der Waals surface area contributed by atoms with Crippen LogP contribution in [0.25, 0.3) is 11.0 Å². The highest BCUT2D eigenvalue weighted by molar-refractivity contribution is 5.90. The normalized spacial score (nSPS) is 12.9. The van der Waals surface area contributed by atoms with E-state index in [2.05, 4.69) is 27.4 Å². The molecule has 92 valence electrons. The highest BCUT2D eigenvalue weighted by Crippen LogP contribution is 2.24. The van der Waals surface area contributed by atoms with Crippen molar-refractivity contribution in [1.82, 2.24) is 15.2 Å². The Kier molecular flexibility index (Phi) is 3.28. The van der Waals surface area contributed by atoms with E-state index in [-0.39, 0.29) is 12.6 Å². The van der Waals surface area contributed by atoms with Gasteiger partial charge >= 0.3 is 0 Å². The lowest BCUT2D eigenvalue weighted by Crippen LogP contribution is -2.17. The van der Waals surface area contributed by atoms with E-state index < -0.39 is 0 Å². The Morgan fingerprint density at radius 2 is 2.24 bits per heavy atom. The van der Waals surface area contributed by atoms with Gasteiger partial charge in [0.15, 0.2) is 11.5 Å². The Balaban J connectivity index is 2.36. The lowest BCUT2D eigenvalue weighted by molar-refractivity contribution is 0.282. The summed E-state index contributed by atoms with van der Waals surface area (Å²) in [6.45, 7) is 6.21. The van der Waals surface area contributed by atoms with Crippen LogP contribution in [0, 0.1) is 13.8 Å². The molecule has 0 fully saturated rings. The Morgan fingerprint density at radius 3 is 2.94 bits per heavy atom. The predicted molar refractivity (Wildman–Crippen MR) is 68.2 cm³/mol. The van der Waals surface area contributed by atoms with Crippen molar-refractivity contribution in [3.8, 4) is 0 Å². The number of hydrogen-bond donors (Lipinski definition) is 3. The number of aliphatic hydroxyl groups excluding tert-OH is 1. The molecule has 0 spiro atoms. The molecule has 0 saturated carbocycles. The number of nitrogens with one attached hydrogen (secondary N) is 2. The molecule has 0 bridgehead atoms. The van der Waals surface area contributed by atoms with Crippen LogP contribution in [0.3, 0.4) is 0 Å². The van der Waals surface area contributed by atoms with Gasteiger partial charge in [-0.05, 0) is 38.8 Å². The van der Waals surface area contributed by atoms with Gasteiger partial charge in [-0.2, -0.15) is 5.10 Å². The van der Waals surface area contributed by atoms with Gasteiger partial charge in [-0.25, -0.2) is 4.98 Å². The minimum atomic E-state index is 0.173. The van der Waals surface area contributed by atoms with Crippen molar-refractivity contribution in [3.05, 3.63) is 17.3 Å². The van der Waals surface area contributed by atoms with E-state index >= 15 is 0 Å². The van der Waals surface area contributed by atoms with Crippen molar-refractivity contribution < 1.29 is 5.11 Å². The van der Waals surface area contributed by atoms with Crippen LogP contribution in [-0.4, -0.2) is 32.9 Å². The Bertz CT molecular complexity index is 520. The molecule has 0 aliphatic carbocycles. The van der Waals surface area contributed by atoms with E-state index in [9.17, 15) is 0 Å². The zero-order chi connectivity index (χ0) is 12.4. The van der Waals surface area contributed by atoms with E-state index in [1.165, 1.54) is 0 Å². The number of aryl methyl sites for hydroxylation is 2. The van der Waals surface area contributed by atoms with Crippen LogP contribution >= 0.6 is 0 Å². The number of anilines is 1. The third kappa shape index (κ3) is 2.39. The number of hydrogen-bond acceptors (Lipinski definition) is 4. The van der Waals surface area contributed by atoms with Crippen LogP contribution in [0.15, 0.2) is 6.07 Å². The minimum absolute atomic E-state index is 0.173. The summed E-state index contributed by atoms with van der Waals surface area (Å²) in [5.74, 6) is 0.811. The lowest BCUT2D eigenvalue weighted by atomic mass is 10.1. The fourth-order valence-electron chi connectivity index (χ4n) is 1.99. The fraction of sp³-hybridized carbons (Fsp3) is 0.500. The monoisotopic (exact) mass is 234 g/mol. The van der Waals surface area contributed by atoms with E-state index in [1.54, 1.807) is 0 Å². The molecule has 3 N–H and O–H groups in total. The third-order valence-corrected chi connectivity index (χ3v) is 2.80. The molecule has 2 heterocycles. The van der Waals surface area contributed by atoms with Gasteiger partial charge in [0, 0.05) is 18.3 Å². The molecule has 0 aromatic carbocycles. The summed E-state index contributed by atoms with van der Waals surface area (Å²) in [4.78, 5) is 4.40. The molecule has 2 aromatic heterocycles. The van der Waals surface area contributed by atoms with Crippen LogP contribution < -0.4 is 5.32 Å². The molecule has 2 aromatic rings. The average molecular weight is 234 g/mol. The van der Waals surface area contributed by atoms with Gasteiger partial charge in [-0.15, -0.1) is 0 Å². The Morgan fingerprint density at radius 1 is 1.47 bits per heavy atom. The SMILES string of the molecule is Cc1cc(C)c2c(N[C@H](C)CCO)n[nH]c2n1. The Hall–Kier alpha value is -1.62. The first-order valence-corrected chi connectivity index (χ1v) is 5.81. The lowest BCUT2D eigenvalue weighted by Gasteiger charge is -2.12. The highest BCUT2D eigenvalue weighted by Gasteiger charge is 2.12. The molecule has 0 unspecified atom stereocenters. The molecule has 0 amide bonds. The second-order valence-corrected chi connectivity index (χ2v) is 4.43. The van der Waals surface area contributed by atoms with Crippen LogP contribution in [0.4, 0.5) is 5.82 Å². The van der Waals surface area contributed by atoms with E-state index in [0.717, 1.165) is 28.1 Å². The number of fused-ring (bicyclic) bond motifs is 1. The fourth-order valence-corrected chi connectivity index (χ4v) is 1.99. The molecule has 5 nitrogen and oxygen atoms in total. The maximum absolute atomic E-state index is 8.89. The van der Waals surface area contributed by atoms with Gasteiger partial charge in [0.2, 0.25) is 0 Å². The maximum Gasteiger partial charge on any atom is 0.157 e. The number of nitrogens with zero attached hydrogens (tertiary/aromatic N) is 2. The smallest absolute Gasteiger partial charge is 0.157 e. The van der Waals surface area contributed by atoms with Crippen molar-refractivity contribution in [2.75, 3.05) is 11.9 Å². The summed E-state index contributed by atoms with van der Waals surface area (Å²) >= 11 is 0. The summed E-state index contributed by atoms with van der Waals surface area (Å²) in [6, 6.07) is 2.23. The molecule has 1 atom stereocenters. The molecule has 0 aliphatic heterocycles. The number of rotatable bonds is 4. The van der Waals surface area contributed by atoms with Crippen molar-refractivity contribution in [3.63, 3.8) is 0 Å². The summed E-state index contributed by atoms with van der Waals surface area (Å²) in [6.07, 6.45) is 0.701. The number of aliphatic hydroxyl groups is 1. The zero-order valence-corrected chi connectivity index (χ0v) is 10.4. The second kappa shape index (κ2) is 4.71. The summed E-state index contributed by atoms with van der Waals surface area (Å²) in [5.41, 5.74) is 2.94. The van der Waals surface area contributed by atoms with Gasteiger partial charge in [0.1, 0.15) is 0 Å². The van der Waals surface area contributed by atoms with Crippen LogP contribution in [-0.2, 0) is 0 Å². The van der Waals surface area contributed by atoms with Crippen molar-refractivity contribution in [2.45, 2.75) is 33.2 Å². The molecule has 0 radical (unpaired) electrons. The zero-order valence-electron chi connectivity index (χ0n) is 10.4. The first kappa shape index (κ1) is 11.9. The second-order valence-electron chi connectivity index (χ2n) is 4.43. The van der Waals surface area contributed by atoms with Crippen LogP contribution in [0.1, 0.15) is 24.6 Å². The quantitative estimate of drug-likeness (QED) is 0.753. The van der Waals surface area contributed by atoms with Gasteiger partial charge in [-0.1, -0.05) is 0 Å². The molecular formula is C12H18N4O. The molecule has 2 rings (SSSR count). The number of pyridine rings is 1. The first-order valence-electron chi connectivity index (χ1n) is 5.81. The first-order chi connectivity index (χ1) is 8.11. The standard InChI is InChI=1S/C12H18N4O/c1-7-6-9(3)14-12-10(7)11(15-16-12)13-8(2)4-5-17/h6,8,17H,4-5H2,1-3H3,(H2,13,14,15,16)/t8-/m1/s1. The molecular weight excluding hydrogens is 216 g/mol. The largest absolute Gasteiger partial charge is 0.396 e. The van der Waals surface area contributed by atoms with Crippen molar-refractivity contribution in [2.24, 2.45) is 0 Å². The van der Waals surface area contributed by atoms with Gasteiger partial charge in [0.05, 0.1) is 5.39 Å². The summed E-state index contributed by atoms with van der Waals surface area (Å²) < 4.78 is 0. The van der Waals surface area contributed by atoms with E-state index in [1.807, 2.05) is 19.9 Å². The minimum Gasteiger partial charge on any atom is -0.396 e. The summed E-state index contributed by atoms with van der Waals surface area (Å²) in [7, 11) is 0. The van der Waals surface area contributed by atoms with Crippen LogP contribution in [0.5, 0.6) is 0 Å². The average Bonchev–Trinajstić information content (AvgIpc) is 2.61.